The number of nitrogens with zero attached hydrogens (tertiary/aromatic N) is 1. The maximum atomic E-state index is 12.2. The van der Waals surface area contributed by atoms with Crippen molar-refractivity contribution in [3.63, 3.8) is 0 Å². The Labute approximate surface area is 126 Å². The summed E-state index contributed by atoms with van der Waals surface area (Å²) in [4.78, 5) is 25.0. The molecule has 0 saturated heterocycles. The highest BCUT2D eigenvalue weighted by Crippen LogP contribution is 2.31. The Morgan fingerprint density at radius 1 is 1.41 bits per heavy atom. The first-order valence-electron chi connectivity index (χ1n) is 7.06. The highest BCUT2D eigenvalue weighted by molar-refractivity contribution is 5.93. The Morgan fingerprint density at radius 3 is 2.95 bits per heavy atom. The highest BCUT2D eigenvalue weighted by atomic mass is 16.6. The van der Waals surface area contributed by atoms with E-state index in [1.165, 1.54) is 12.3 Å². The molecule has 1 heterocycles. The molecule has 0 fully saturated rings. The van der Waals surface area contributed by atoms with Crippen molar-refractivity contribution in [3.05, 3.63) is 57.4 Å². The first kappa shape index (κ1) is 14.1. The third-order valence-corrected chi connectivity index (χ3v) is 3.91. The molecule has 0 bridgehead atoms. The van der Waals surface area contributed by atoms with Crippen molar-refractivity contribution in [1.82, 2.24) is 10.3 Å². The highest BCUT2D eigenvalue weighted by Gasteiger charge is 2.23. The molecule has 1 atom stereocenters. The molecule has 1 unspecified atom stereocenters. The number of carbonyl (C=O) groups is 1. The van der Waals surface area contributed by atoms with Crippen molar-refractivity contribution in [1.29, 1.82) is 0 Å². The Kier molecular flexibility index (Phi) is 3.54. The molecule has 3 rings (SSSR count). The van der Waals surface area contributed by atoms with Gasteiger partial charge in [-0.05, 0) is 42.5 Å². The van der Waals surface area contributed by atoms with Crippen molar-refractivity contribution >= 4 is 17.3 Å². The molecule has 114 valence electrons. The molecule has 0 radical (unpaired) electrons. The van der Waals surface area contributed by atoms with Gasteiger partial charge in [0.2, 0.25) is 0 Å². The predicted molar refractivity (Wildman–Crippen MR) is 81.4 cm³/mol. The second-order valence-electron chi connectivity index (χ2n) is 5.41. The van der Waals surface area contributed by atoms with Crippen molar-refractivity contribution in [2.75, 3.05) is 5.73 Å². The maximum Gasteiger partial charge on any atom is 0.287 e. The van der Waals surface area contributed by atoms with Crippen LogP contribution >= 0.6 is 0 Å². The fraction of sp³-hybridized carbons (Fsp3) is 0.267. The number of hydrogen-bond acceptors (Lipinski definition) is 4. The van der Waals surface area contributed by atoms with E-state index in [-0.39, 0.29) is 23.3 Å². The number of rotatable bonds is 3. The molecule has 4 N–H and O–H groups in total. The number of aromatic nitrogens is 1. The van der Waals surface area contributed by atoms with Crippen molar-refractivity contribution in [3.8, 4) is 0 Å². The molecule has 1 aliphatic rings. The van der Waals surface area contributed by atoms with Crippen LogP contribution in [0.4, 0.5) is 11.4 Å². The normalized spacial score (nSPS) is 16.8. The fourth-order valence-electron chi connectivity index (χ4n) is 2.84. The van der Waals surface area contributed by atoms with Crippen LogP contribution in [-0.2, 0) is 6.42 Å². The van der Waals surface area contributed by atoms with Crippen LogP contribution in [0.25, 0.3) is 0 Å². The predicted octanol–water partition coefficient (Wildman–Crippen LogP) is 2.31. The summed E-state index contributed by atoms with van der Waals surface area (Å²) in [7, 11) is 0. The third kappa shape index (κ3) is 2.65. The van der Waals surface area contributed by atoms with E-state index in [1.807, 2.05) is 18.2 Å². The summed E-state index contributed by atoms with van der Waals surface area (Å²) in [5, 5.41) is 13.6. The second-order valence-corrected chi connectivity index (χ2v) is 5.41. The summed E-state index contributed by atoms with van der Waals surface area (Å²) in [5.41, 5.74) is 8.79. The zero-order chi connectivity index (χ0) is 15.7. The fourth-order valence-corrected chi connectivity index (χ4v) is 2.84. The van der Waals surface area contributed by atoms with Gasteiger partial charge in [-0.2, -0.15) is 0 Å². The van der Waals surface area contributed by atoms with Gasteiger partial charge in [0, 0.05) is 11.8 Å². The summed E-state index contributed by atoms with van der Waals surface area (Å²) in [6.45, 7) is 0. The summed E-state index contributed by atoms with van der Waals surface area (Å²) in [6, 6.07) is 6.84. The van der Waals surface area contributed by atoms with Gasteiger partial charge in [-0.1, -0.05) is 6.07 Å². The van der Waals surface area contributed by atoms with Gasteiger partial charge in [0.05, 0.1) is 17.2 Å². The van der Waals surface area contributed by atoms with E-state index in [4.69, 9.17) is 5.73 Å². The summed E-state index contributed by atoms with van der Waals surface area (Å²) >= 11 is 0. The van der Waals surface area contributed by atoms with Crippen molar-refractivity contribution < 1.29 is 9.72 Å². The third-order valence-electron chi connectivity index (χ3n) is 3.91. The lowest BCUT2D eigenvalue weighted by Gasteiger charge is -2.26. The van der Waals surface area contributed by atoms with Crippen LogP contribution in [0.3, 0.4) is 0 Å². The minimum atomic E-state index is -0.536. The number of nitrogens with two attached hydrogens (primary N) is 1. The number of fused-ring (bicyclic) bond motifs is 1. The topological polar surface area (TPSA) is 114 Å². The number of benzene rings is 1. The number of carbonyl (C=O) groups excluding carboxylic acids is 1. The maximum absolute atomic E-state index is 12.2. The van der Waals surface area contributed by atoms with E-state index >= 15 is 0 Å². The van der Waals surface area contributed by atoms with E-state index < -0.39 is 4.92 Å². The van der Waals surface area contributed by atoms with Gasteiger partial charge in [-0.15, -0.1) is 0 Å². The minimum Gasteiger partial charge on any atom is -0.399 e. The van der Waals surface area contributed by atoms with Gasteiger partial charge >= 0.3 is 0 Å². The van der Waals surface area contributed by atoms with Crippen LogP contribution < -0.4 is 11.1 Å². The first-order valence-corrected chi connectivity index (χ1v) is 7.06. The summed E-state index contributed by atoms with van der Waals surface area (Å²) in [5.74, 6) is -0.345. The standard InChI is InChI=1S/C15H16N4O3/c16-10-4-5-12-9(6-10)2-1-3-13(12)18-15(20)14-7-11(8-17-14)19(21)22/h4-8,13,17H,1-3,16H2,(H,18,20). The lowest BCUT2D eigenvalue weighted by molar-refractivity contribution is -0.384. The van der Waals surface area contributed by atoms with Crippen molar-refractivity contribution in [2.24, 2.45) is 0 Å². The summed E-state index contributed by atoms with van der Waals surface area (Å²) < 4.78 is 0. The Morgan fingerprint density at radius 2 is 2.23 bits per heavy atom. The van der Waals surface area contributed by atoms with E-state index in [1.54, 1.807) is 0 Å². The largest absolute Gasteiger partial charge is 0.399 e. The van der Waals surface area contributed by atoms with Gasteiger partial charge in [0.25, 0.3) is 11.6 Å². The van der Waals surface area contributed by atoms with Crippen LogP contribution in [0, 0.1) is 10.1 Å². The Balaban J connectivity index is 1.79. The molecule has 22 heavy (non-hydrogen) atoms. The number of nitro groups is 1. The molecule has 0 aliphatic heterocycles. The number of amides is 1. The average Bonchev–Trinajstić information content (AvgIpc) is 2.97. The molecular formula is C15H16N4O3. The average molecular weight is 300 g/mol. The van der Waals surface area contributed by atoms with Gasteiger partial charge < -0.3 is 16.0 Å². The smallest absolute Gasteiger partial charge is 0.287 e. The quantitative estimate of drug-likeness (QED) is 0.458. The molecule has 0 spiro atoms. The van der Waals surface area contributed by atoms with E-state index in [0.717, 1.165) is 30.4 Å². The number of nitrogens with one attached hydrogen (secondary N) is 2. The van der Waals surface area contributed by atoms with E-state index in [2.05, 4.69) is 10.3 Å². The molecule has 2 aromatic rings. The van der Waals surface area contributed by atoms with Gasteiger partial charge in [-0.3, -0.25) is 14.9 Å². The van der Waals surface area contributed by atoms with E-state index in [9.17, 15) is 14.9 Å². The monoisotopic (exact) mass is 300 g/mol. The van der Waals surface area contributed by atoms with Gasteiger partial charge in [-0.25, -0.2) is 0 Å². The van der Waals surface area contributed by atoms with Crippen LogP contribution in [0.15, 0.2) is 30.5 Å². The van der Waals surface area contributed by atoms with Crippen molar-refractivity contribution in [2.45, 2.75) is 25.3 Å². The van der Waals surface area contributed by atoms with Gasteiger partial charge in [0.15, 0.2) is 0 Å². The van der Waals surface area contributed by atoms with E-state index in [0.29, 0.717) is 5.69 Å². The molecule has 1 aliphatic carbocycles. The zero-order valence-electron chi connectivity index (χ0n) is 11.8. The Hall–Kier alpha value is -2.83. The summed E-state index contributed by atoms with van der Waals surface area (Å²) in [6.07, 6.45) is 3.96. The van der Waals surface area contributed by atoms with Crippen LogP contribution in [0.5, 0.6) is 0 Å². The SMILES string of the molecule is Nc1ccc2c(c1)CCCC2NC(=O)c1cc([N+](=O)[O-])c[nH]1. The lowest BCUT2D eigenvalue weighted by Crippen LogP contribution is -2.31. The van der Waals surface area contributed by atoms with Crippen LogP contribution in [0.1, 0.15) is 40.5 Å². The van der Waals surface area contributed by atoms with Crippen LogP contribution in [0.2, 0.25) is 0 Å². The number of aryl methyl sites for hydroxylation is 1. The molecule has 7 nitrogen and oxygen atoms in total. The lowest BCUT2D eigenvalue weighted by atomic mass is 9.87. The molecule has 1 aromatic carbocycles. The zero-order valence-corrected chi connectivity index (χ0v) is 11.8. The van der Waals surface area contributed by atoms with Gasteiger partial charge in [0.1, 0.15) is 5.69 Å². The minimum absolute atomic E-state index is 0.0980. The molecule has 7 heteroatoms. The van der Waals surface area contributed by atoms with Crippen LogP contribution in [-0.4, -0.2) is 15.8 Å². The number of nitrogen functional groups attached to an aromatic ring is 1. The second kappa shape index (κ2) is 5.51. The number of hydrogen-bond donors (Lipinski definition) is 3. The number of H-pyrrole nitrogens is 1. The molecular weight excluding hydrogens is 284 g/mol. The Bertz CT molecular complexity index is 738. The number of aromatic amines is 1. The molecule has 0 saturated carbocycles. The number of anilines is 1. The first-order chi connectivity index (χ1) is 10.5. The molecule has 1 amide bonds. The molecule has 1 aromatic heterocycles.